The second-order valence-electron chi connectivity index (χ2n) is 6.77. The Kier molecular flexibility index (Phi) is 3.69. The topological polar surface area (TPSA) is 121 Å². The molecular weight excluding hydrogens is 352 g/mol. The van der Waals surface area contributed by atoms with E-state index in [0.717, 1.165) is 0 Å². The molecule has 2 aliphatic carbocycles. The Bertz CT molecular complexity index is 1040. The lowest BCUT2D eigenvalue weighted by atomic mass is 9.75. The Morgan fingerprint density at radius 1 is 1.04 bits per heavy atom. The zero-order valence-corrected chi connectivity index (χ0v) is 14.4. The van der Waals surface area contributed by atoms with Gasteiger partial charge in [-0.15, -0.1) is 0 Å². The number of carboxylic acid groups (broad SMARTS) is 1. The molecule has 7 nitrogen and oxygen atoms in total. The van der Waals surface area contributed by atoms with Gasteiger partial charge in [-0.05, 0) is 18.1 Å². The molecule has 3 N–H and O–H groups in total. The summed E-state index contributed by atoms with van der Waals surface area (Å²) in [5.74, 6) is -3.69. The van der Waals surface area contributed by atoms with Crippen LogP contribution in [0.1, 0.15) is 49.4 Å². The minimum absolute atomic E-state index is 0.0811. The number of ketones is 2. The molecule has 0 saturated heterocycles. The van der Waals surface area contributed by atoms with Gasteiger partial charge in [-0.25, -0.2) is 0 Å². The van der Waals surface area contributed by atoms with E-state index in [4.69, 9.17) is 4.74 Å². The molecule has 0 heterocycles. The van der Waals surface area contributed by atoms with Crippen LogP contribution in [-0.2, 0) is 17.6 Å². The first kappa shape index (κ1) is 17.1. The van der Waals surface area contributed by atoms with Gasteiger partial charge in [-0.3, -0.25) is 14.4 Å². The zero-order valence-electron chi connectivity index (χ0n) is 14.4. The lowest BCUT2D eigenvalue weighted by Crippen LogP contribution is -2.28. The van der Waals surface area contributed by atoms with Gasteiger partial charge < -0.3 is 20.1 Å². The Morgan fingerprint density at radius 3 is 2.44 bits per heavy atom. The first-order chi connectivity index (χ1) is 12.8. The second kappa shape index (κ2) is 5.84. The highest BCUT2D eigenvalue weighted by atomic mass is 16.5. The summed E-state index contributed by atoms with van der Waals surface area (Å²) in [4.78, 5) is 36.8. The number of Topliss-reactive ketones (excluding diaryl/α,β-unsaturated/α-hetero) is 1. The van der Waals surface area contributed by atoms with E-state index in [9.17, 15) is 29.7 Å². The number of methoxy groups -OCH3 is 1. The Morgan fingerprint density at radius 2 is 1.78 bits per heavy atom. The number of benzene rings is 2. The van der Waals surface area contributed by atoms with Crippen molar-refractivity contribution < 1.29 is 34.4 Å². The number of phenols is 2. The lowest BCUT2D eigenvalue weighted by Gasteiger charge is -2.28. The summed E-state index contributed by atoms with van der Waals surface area (Å²) in [6.07, 6.45) is -0.212. The van der Waals surface area contributed by atoms with Crippen LogP contribution in [0.4, 0.5) is 0 Å². The highest BCUT2D eigenvalue weighted by molar-refractivity contribution is 6.18. The molecule has 2 aromatic carbocycles. The lowest BCUT2D eigenvalue weighted by molar-refractivity contribution is -0.141. The molecule has 1 unspecified atom stereocenters. The Labute approximate surface area is 153 Å². The average Bonchev–Trinajstić information content (AvgIpc) is 2.64. The Hall–Kier alpha value is -3.35. The second-order valence-corrected chi connectivity index (χ2v) is 6.77. The highest BCUT2D eigenvalue weighted by Crippen LogP contribution is 2.47. The molecule has 0 aliphatic heterocycles. The van der Waals surface area contributed by atoms with Gasteiger partial charge in [0.15, 0.2) is 5.78 Å². The molecule has 0 aromatic heterocycles. The summed E-state index contributed by atoms with van der Waals surface area (Å²) in [5, 5.41) is 30.7. The van der Waals surface area contributed by atoms with Gasteiger partial charge in [-0.2, -0.15) is 0 Å². The highest BCUT2D eigenvalue weighted by Gasteiger charge is 2.40. The maximum Gasteiger partial charge on any atom is 0.307 e. The first-order valence-corrected chi connectivity index (χ1v) is 8.41. The largest absolute Gasteiger partial charge is 0.507 e. The van der Waals surface area contributed by atoms with Crippen molar-refractivity contribution in [3.05, 3.63) is 51.6 Å². The van der Waals surface area contributed by atoms with Gasteiger partial charge >= 0.3 is 5.97 Å². The summed E-state index contributed by atoms with van der Waals surface area (Å²) in [5.41, 5.74) is 0.929. The summed E-state index contributed by atoms with van der Waals surface area (Å²) in [6, 6.07) is 5.06. The van der Waals surface area contributed by atoms with Gasteiger partial charge in [0.2, 0.25) is 5.78 Å². The van der Waals surface area contributed by atoms with E-state index in [1.165, 1.54) is 7.11 Å². The van der Waals surface area contributed by atoms with Crippen molar-refractivity contribution in [1.82, 2.24) is 0 Å². The molecule has 138 valence electrons. The van der Waals surface area contributed by atoms with E-state index < -0.39 is 29.2 Å². The Balaban J connectivity index is 1.97. The molecule has 2 aliphatic rings. The molecule has 0 bridgehead atoms. The fourth-order valence-electron chi connectivity index (χ4n) is 4.03. The predicted octanol–water partition coefficient (Wildman–Crippen LogP) is 2.07. The van der Waals surface area contributed by atoms with Crippen LogP contribution < -0.4 is 4.74 Å². The van der Waals surface area contributed by atoms with Crippen molar-refractivity contribution in [1.29, 1.82) is 0 Å². The van der Waals surface area contributed by atoms with Gasteiger partial charge in [0.05, 0.1) is 29.7 Å². The fraction of sp³-hybridized carbons (Fsp3) is 0.250. The SMILES string of the molecule is COc1cccc2c1C(=O)c1c(O)c3c(c(O)c1C2)CC(C(=O)O)CC3=O. The molecule has 0 radical (unpaired) electrons. The number of carbonyl (C=O) groups is 3. The smallest absolute Gasteiger partial charge is 0.307 e. The van der Waals surface area contributed by atoms with Gasteiger partial charge in [-0.1, -0.05) is 12.1 Å². The van der Waals surface area contributed by atoms with Crippen LogP contribution in [0.2, 0.25) is 0 Å². The summed E-state index contributed by atoms with van der Waals surface area (Å²) < 4.78 is 5.25. The van der Waals surface area contributed by atoms with E-state index in [1.807, 2.05) is 0 Å². The molecule has 0 spiro atoms. The number of hydrogen-bond acceptors (Lipinski definition) is 6. The van der Waals surface area contributed by atoms with Crippen LogP contribution in [0.25, 0.3) is 0 Å². The molecule has 0 saturated carbocycles. The minimum atomic E-state index is -1.14. The van der Waals surface area contributed by atoms with Gasteiger partial charge in [0.25, 0.3) is 0 Å². The summed E-state index contributed by atoms with van der Waals surface area (Å²) in [7, 11) is 1.43. The maximum atomic E-state index is 13.1. The molecule has 7 heteroatoms. The summed E-state index contributed by atoms with van der Waals surface area (Å²) >= 11 is 0. The first-order valence-electron chi connectivity index (χ1n) is 8.41. The van der Waals surface area contributed by atoms with Crippen molar-refractivity contribution in [3.63, 3.8) is 0 Å². The normalized spacial score (nSPS) is 17.7. The third-order valence-electron chi connectivity index (χ3n) is 5.31. The third-order valence-corrected chi connectivity index (χ3v) is 5.31. The predicted molar refractivity (Wildman–Crippen MR) is 92.8 cm³/mol. The molecule has 2 aromatic rings. The van der Waals surface area contributed by atoms with E-state index in [-0.39, 0.29) is 52.8 Å². The van der Waals surface area contributed by atoms with Crippen LogP contribution >= 0.6 is 0 Å². The number of carbonyl (C=O) groups excluding carboxylic acids is 2. The number of aromatic hydroxyl groups is 2. The van der Waals surface area contributed by atoms with Crippen molar-refractivity contribution in [2.45, 2.75) is 19.3 Å². The summed E-state index contributed by atoms with van der Waals surface area (Å²) in [6.45, 7) is 0. The van der Waals surface area contributed by atoms with Crippen molar-refractivity contribution in [2.24, 2.45) is 5.92 Å². The number of ether oxygens (including phenoxy) is 1. The molecule has 0 amide bonds. The van der Waals surface area contributed by atoms with Crippen LogP contribution in [0, 0.1) is 5.92 Å². The van der Waals surface area contributed by atoms with Crippen LogP contribution in [-0.4, -0.2) is 40.0 Å². The minimum Gasteiger partial charge on any atom is -0.507 e. The number of aliphatic carboxylic acids is 1. The van der Waals surface area contributed by atoms with Crippen molar-refractivity contribution in [3.8, 4) is 17.2 Å². The van der Waals surface area contributed by atoms with Crippen LogP contribution in [0.15, 0.2) is 18.2 Å². The van der Waals surface area contributed by atoms with Crippen molar-refractivity contribution in [2.75, 3.05) is 7.11 Å². The van der Waals surface area contributed by atoms with Crippen LogP contribution in [0.3, 0.4) is 0 Å². The van der Waals surface area contributed by atoms with Crippen LogP contribution in [0.5, 0.6) is 17.2 Å². The zero-order chi connectivity index (χ0) is 19.5. The van der Waals surface area contributed by atoms with Crippen molar-refractivity contribution >= 4 is 17.5 Å². The monoisotopic (exact) mass is 368 g/mol. The third kappa shape index (κ3) is 2.31. The number of phenolic OH excluding ortho intramolecular Hbond substituents is 2. The number of rotatable bonds is 2. The van der Waals surface area contributed by atoms with E-state index in [1.54, 1.807) is 18.2 Å². The van der Waals surface area contributed by atoms with E-state index in [0.29, 0.717) is 11.3 Å². The maximum absolute atomic E-state index is 13.1. The molecule has 4 rings (SSSR count). The molecule has 27 heavy (non-hydrogen) atoms. The van der Waals surface area contributed by atoms with E-state index in [2.05, 4.69) is 0 Å². The van der Waals surface area contributed by atoms with Gasteiger partial charge in [0.1, 0.15) is 17.2 Å². The quantitative estimate of drug-likeness (QED) is 0.592. The number of hydrogen-bond donors (Lipinski definition) is 3. The van der Waals surface area contributed by atoms with Gasteiger partial charge in [0, 0.05) is 24.0 Å². The number of carboxylic acids is 1. The fourth-order valence-corrected chi connectivity index (χ4v) is 4.03. The van der Waals surface area contributed by atoms with E-state index >= 15 is 0 Å². The molecule has 0 fully saturated rings. The molecular formula is C20H16O7. The number of fused-ring (bicyclic) bond motifs is 3. The standard InChI is InChI=1S/C20H16O7/c1-27-13-4-2-3-8-5-11-16(18(23)14(8)13)19(24)15-10(17(11)22)6-9(20(25)26)7-12(15)21/h2-4,9,22,24H,5-7H2,1H3,(H,25,26). The molecule has 1 atom stereocenters. The average molecular weight is 368 g/mol.